The molecule has 8 aromatic rings. The van der Waals surface area contributed by atoms with Gasteiger partial charge in [0.15, 0.2) is 0 Å². The number of hydrogen-bond acceptors (Lipinski definition) is 4. The van der Waals surface area contributed by atoms with Crippen molar-refractivity contribution >= 4 is 54.3 Å². The van der Waals surface area contributed by atoms with Crippen molar-refractivity contribution in [1.29, 1.82) is 0 Å². The van der Waals surface area contributed by atoms with Crippen LogP contribution in [0.2, 0.25) is 0 Å². The number of hydrogen-bond donors (Lipinski definition) is 1. The van der Waals surface area contributed by atoms with Gasteiger partial charge in [0, 0.05) is 21.9 Å². The molecule has 0 amide bonds. The van der Waals surface area contributed by atoms with E-state index in [9.17, 15) is 5.11 Å². The summed E-state index contributed by atoms with van der Waals surface area (Å²) >= 11 is 1.60. The monoisotopic (exact) mass is 519 g/mol. The van der Waals surface area contributed by atoms with Crippen molar-refractivity contribution in [2.24, 2.45) is 0 Å². The Kier molecular flexibility index (Phi) is 4.84. The molecular weight excluding hydrogens is 498 g/mol. The van der Waals surface area contributed by atoms with Crippen LogP contribution in [0.3, 0.4) is 0 Å². The second-order valence-electron chi connectivity index (χ2n) is 9.71. The molecule has 2 heterocycles. The fourth-order valence-electron chi connectivity index (χ4n) is 5.59. The summed E-state index contributed by atoms with van der Waals surface area (Å²) in [6, 6.07) is 41.2. The van der Waals surface area contributed by atoms with E-state index in [1.807, 2.05) is 36.4 Å². The Bertz CT molecular complexity index is 2200. The molecule has 0 atom stereocenters. The van der Waals surface area contributed by atoms with E-state index in [1.165, 1.54) is 10.8 Å². The number of phenols is 1. The van der Waals surface area contributed by atoms with Gasteiger partial charge in [-0.05, 0) is 52.2 Å². The van der Waals surface area contributed by atoms with Gasteiger partial charge < -0.3 is 9.52 Å². The largest absolute Gasteiger partial charge is 0.507 e. The summed E-state index contributed by atoms with van der Waals surface area (Å²) in [5.41, 5.74) is 7.74. The lowest BCUT2D eigenvalue weighted by atomic mass is 9.94. The summed E-state index contributed by atoms with van der Waals surface area (Å²) < 4.78 is 7.47. The van der Waals surface area contributed by atoms with E-state index in [0.717, 1.165) is 65.0 Å². The van der Waals surface area contributed by atoms with Gasteiger partial charge >= 0.3 is 0 Å². The minimum Gasteiger partial charge on any atom is -0.507 e. The van der Waals surface area contributed by atoms with Crippen molar-refractivity contribution in [2.45, 2.75) is 0 Å². The molecule has 4 heteroatoms. The minimum absolute atomic E-state index is 0.232. The standard InChI is InChI=1S/C35H21NO2S/c37-30-17-5-3-13-28(30)35-36-33-29(25-15-7-10-21-9-1-2-11-23(21)25)19-22(20-32(33)39-35)24-14-8-16-27-26-12-4-6-18-31(26)38-34(24)27/h1-20,37H. The topological polar surface area (TPSA) is 46.3 Å². The number of fused-ring (bicyclic) bond motifs is 5. The van der Waals surface area contributed by atoms with Crippen LogP contribution in [0.25, 0.3) is 75.8 Å². The normalized spacial score (nSPS) is 11.7. The molecule has 0 bridgehead atoms. The number of phenolic OH excluding ortho intramolecular Hbond substituents is 1. The molecule has 3 nitrogen and oxygen atoms in total. The van der Waals surface area contributed by atoms with Gasteiger partial charge in [0.2, 0.25) is 0 Å². The maximum absolute atomic E-state index is 10.6. The van der Waals surface area contributed by atoms with Crippen LogP contribution in [0.5, 0.6) is 5.75 Å². The van der Waals surface area contributed by atoms with Crippen LogP contribution in [0.1, 0.15) is 0 Å². The van der Waals surface area contributed by atoms with Gasteiger partial charge in [-0.1, -0.05) is 91.0 Å². The van der Waals surface area contributed by atoms with Gasteiger partial charge in [-0.2, -0.15) is 0 Å². The Labute approximate surface area is 228 Å². The van der Waals surface area contributed by atoms with Gasteiger partial charge in [0.05, 0.1) is 15.8 Å². The van der Waals surface area contributed by atoms with Crippen LogP contribution >= 0.6 is 11.3 Å². The van der Waals surface area contributed by atoms with Crippen LogP contribution in [-0.4, -0.2) is 10.1 Å². The third-order valence-electron chi connectivity index (χ3n) is 7.42. The molecular formula is C35H21NO2S. The first-order valence-corrected chi connectivity index (χ1v) is 13.7. The molecule has 0 fully saturated rings. The van der Waals surface area contributed by atoms with Crippen LogP contribution in [0.15, 0.2) is 126 Å². The van der Waals surface area contributed by atoms with E-state index < -0.39 is 0 Å². The molecule has 1 N–H and O–H groups in total. The zero-order chi connectivity index (χ0) is 25.9. The van der Waals surface area contributed by atoms with Crippen molar-refractivity contribution in [3.8, 4) is 38.6 Å². The number of furan rings is 1. The maximum atomic E-state index is 10.6. The predicted molar refractivity (Wildman–Crippen MR) is 162 cm³/mol. The number of thiazole rings is 1. The number of benzene rings is 6. The lowest BCUT2D eigenvalue weighted by molar-refractivity contribution is 0.477. The van der Waals surface area contributed by atoms with E-state index in [4.69, 9.17) is 9.40 Å². The van der Waals surface area contributed by atoms with Gasteiger partial charge in [0.25, 0.3) is 0 Å². The third kappa shape index (κ3) is 3.46. The first kappa shape index (κ1) is 22.1. The van der Waals surface area contributed by atoms with Gasteiger partial charge in [-0.3, -0.25) is 0 Å². The highest BCUT2D eigenvalue weighted by Crippen LogP contribution is 2.44. The number of rotatable bonds is 3. The Balaban J connectivity index is 1.46. The van der Waals surface area contributed by atoms with Crippen molar-refractivity contribution in [3.63, 3.8) is 0 Å². The maximum Gasteiger partial charge on any atom is 0.143 e. The number of aromatic nitrogens is 1. The summed E-state index contributed by atoms with van der Waals surface area (Å²) in [4.78, 5) is 5.09. The Hall–Kier alpha value is -4.93. The number of nitrogens with zero attached hydrogens (tertiary/aromatic N) is 1. The lowest BCUT2D eigenvalue weighted by Crippen LogP contribution is -1.87. The summed E-state index contributed by atoms with van der Waals surface area (Å²) in [5, 5.41) is 16.0. The lowest BCUT2D eigenvalue weighted by Gasteiger charge is -2.11. The average molecular weight is 520 g/mol. The van der Waals surface area contributed by atoms with E-state index in [0.29, 0.717) is 0 Å². The zero-order valence-electron chi connectivity index (χ0n) is 20.8. The van der Waals surface area contributed by atoms with Crippen LogP contribution < -0.4 is 0 Å². The molecule has 6 aromatic carbocycles. The summed E-state index contributed by atoms with van der Waals surface area (Å²) in [6.07, 6.45) is 0. The van der Waals surface area contributed by atoms with Crippen molar-refractivity contribution in [1.82, 2.24) is 4.98 Å². The van der Waals surface area contributed by atoms with E-state index >= 15 is 0 Å². The highest BCUT2D eigenvalue weighted by Gasteiger charge is 2.19. The minimum atomic E-state index is 0.232. The molecule has 0 spiro atoms. The fourth-order valence-corrected chi connectivity index (χ4v) is 6.66. The number of para-hydroxylation sites is 3. The molecule has 0 saturated heterocycles. The highest BCUT2D eigenvalue weighted by atomic mass is 32.1. The molecule has 39 heavy (non-hydrogen) atoms. The Morgan fingerprint density at radius 2 is 1.28 bits per heavy atom. The molecule has 0 aliphatic carbocycles. The third-order valence-corrected chi connectivity index (χ3v) is 8.46. The molecule has 0 aliphatic rings. The molecule has 0 unspecified atom stereocenters. The van der Waals surface area contributed by atoms with Gasteiger partial charge in [-0.25, -0.2) is 4.98 Å². The first-order valence-electron chi connectivity index (χ1n) is 12.9. The van der Waals surface area contributed by atoms with Crippen molar-refractivity contribution in [3.05, 3.63) is 121 Å². The van der Waals surface area contributed by atoms with E-state index in [-0.39, 0.29) is 5.75 Å². The van der Waals surface area contributed by atoms with E-state index in [1.54, 1.807) is 17.4 Å². The Morgan fingerprint density at radius 1 is 0.590 bits per heavy atom. The van der Waals surface area contributed by atoms with E-state index in [2.05, 4.69) is 78.9 Å². The van der Waals surface area contributed by atoms with Crippen LogP contribution in [0.4, 0.5) is 0 Å². The number of aromatic hydroxyl groups is 1. The van der Waals surface area contributed by atoms with Crippen molar-refractivity contribution in [2.75, 3.05) is 0 Å². The Morgan fingerprint density at radius 3 is 2.21 bits per heavy atom. The molecule has 184 valence electrons. The van der Waals surface area contributed by atoms with Crippen molar-refractivity contribution < 1.29 is 9.52 Å². The average Bonchev–Trinajstić information content (AvgIpc) is 3.58. The molecule has 2 aromatic heterocycles. The summed E-state index contributed by atoms with van der Waals surface area (Å²) in [7, 11) is 0. The molecule has 0 saturated carbocycles. The quantitative estimate of drug-likeness (QED) is 0.253. The fraction of sp³-hybridized carbons (Fsp3) is 0. The van der Waals surface area contributed by atoms with Crippen LogP contribution in [0, 0.1) is 0 Å². The molecule has 8 rings (SSSR count). The van der Waals surface area contributed by atoms with Crippen LogP contribution in [-0.2, 0) is 0 Å². The summed E-state index contributed by atoms with van der Waals surface area (Å²) in [5.74, 6) is 0.232. The second-order valence-corrected chi connectivity index (χ2v) is 10.7. The summed E-state index contributed by atoms with van der Waals surface area (Å²) in [6.45, 7) is 0. The smallest absolute Gasteiger partial charge is 0.143 e. The molecule has 0 radical (unpaired) electrons. The molecule has 0 aliphatic heterocycles. The zero-order valence-corrected chi connectivity index (χ0v) is 21.6. The highest BCUT2D eigenvalue weighted by molar-refractivity contribution is 7.21. The predicted octanol–water partition coefficient (Wildman–Crippen LogP) is 10.1. The van der Waals surface area contributed by atoms with Gasteiger partial charge in [0.1, 0.15) is 21.9 Å². The first-order chi connectivity index (χ1) is 19.2. The second kappa shape index (κ2) is 8.55. The SMILES string of the molecule is Oc1ccccc1-c1nc2c(-c3cccc4ccccc34)cc(-c3cccc4c3oc3ccccc34)cc2s1. The van der Waals surface area contributed by atoms with Gasteiger partial charge in [-0.15, -0.1) is 11.3 Å².